The second-order valence-corrected chi connectivity index (χ2v) is 6.67. The maximum absolute atomic E-state index is 12.3. The summed E-state index contributed by atoms with van der Waals surface area (Å²) in [5, 5.41) is 6.39. The van der Waals surface area contributed by atoms with Gasteiger partial charge in [0.2, 0.25) is 0 Å². The van der Waals surface area contributed by atoms with Crippen LogP contribution in [0.2, 0.25) is 0 Å². The van der Waals surface area contributed by atoms with E-state index >= 15 is 0 Å². The lowest BCUT2D eigenvalue weighted by Gasteiger charge is -2.48. The number of carbonyl (C=O) groups is 1. The van der Waals surface area contributed by atoms with Gasteiger partial charge in [0.25, 0.3) is 5.91 Å². The summed E-state index contributed by atoms with van der Waals surface area (Å²) in [6.07, 6.45) is 5.85. The summed E-state index contributed by atoms with van der Waals surface area (Å²) in [4.78, 5) is 14.9. The molecule has 2 heterocycles. The van der Waals surface area contributed by atoms with Crippen LogP contribution in [-0.2, 0) is 14.3 Å². The van der Waals surface area contributed by atoms with Crippen molar-refractivity contribution in [2.75, 3.05) is 52.5 Å². The Morgan fingerprint density at radius 1 is 1.18 bits per heavy atom. The van der Waals surface area contributed by atoms with Crippen LogP contribution in [-0.4, -0.2) is 75.0 Å². The molecule has 1 aliphatic carbocycles. The topological polar surface area (TPSA) is 62.8 Å². The van der Waals surface area contributed by atoms with E-state index in [0.717, 1.165) is 39.4 Å². The van der Waals surface area contributed by atoms with Gasteiger partial charge >= 0.3 is 0 Å². The highest BCUT2D eigenvalue weighted by Gasteiger charge is 2.39. The summed E-state index contributed by atoms with van der Waals surface area (Å²) < 4.78 is 11.0. The first-order valence-corrected chi connectivity index (χ1v) is 8.73. The fourth-order valence-corrected chi connectivity index (χ4v) is 3.95. The molecule has 2 aliphatic heterocycles. The molecule has 1 unspecified atom stereocenters. The molecule has 22 heavy (non-hydrogen) atoms. The summed E-state index contributed by atoms with van der Waals surface area (Å²) in [7, 11) is 0. The van der Waals surface area contributed by atoms with E-state index in [-0.39, 0.29) is 17.6 Å². The Morgan fingerprint density at radius 2 is 1.95 bits per heavy atom. The molecule has 0 aromatic heterocycles. The molecule has 2 N–H and O–H groups in total. The number of morpholine rings is 2. The van der Waals surface area contributed by atoms with Gasteiger partial charge in [0.1, 0.15) is 6.10 Å². The Morgan fingerprint density at radius 3 is 2.64 bits per heavy atom. The third-order valence-corrected chi connectivity index (χ3v) is 5.28. The first kappa shape index (κ1) is 16.2. The van der Waals surface area contributed by atoms with E-state index in [4.69, 9.17) is 9.47 Å². The predicted octanol–water partition coefficient (Wildman–Crippen LogP) is 0.126. The van der Waals surface area contributed by atoms with Gasteiger partial charge < -0.3 is 20.1 Å². The summed E-state index contributed by atoms with van der Waals surface area (Å²) in [5.41, 5.74) is 0.125. The summed E-state index contributed by atoms with van der Waals surface area (Å²) in [6, 6.07) is 0. The number of amides is 1. The van der Waals surface area contributed by atoms with E-state index in [1.54, 1.807) is 0 Å². The number of nitrogens with one attached hydrogen (secondary N) is 2. The van der Waals surface area contributed by atoms with Gasteiger partial charge in [0.15, 0.2) is 0 Å². The Kier molecular flexibility index (Phi) is 5.68. The summed E-state index contributed by atoms with van der Waals surface area (Å²) in [6.45, 7) is 6.40. The van der Waals surface area contributed by atoms with E-state index in [1.807, 2.05) is 0 Å². The van der Waals surface area contributed by atoms with Gasteiger partial charge in [0, 0.05) is 38.3 Å². The maximum Gasteiger partial charge on any atom is 0.250 e. The molecule has 126 valence electrons. The van der Waals surface area contributed by atoms with E-state index in [1.165, 1.54) is 32.1 Å². The molecule has 1 saturated carbocycles. The van der Waals surface area contributed by atoms with Gasteiger partial charge in [-0.15, -0.1) is 0 Å². The zero-order valence-electron chi connectivity index (χ0n) is 13.4. The first-order valence-electron chi connectivity index (χ1n) is 8.73. The number of hydrogen-bond donors (Lipinski definition) is 2. The maximum atomic E-state index is 12.3. The molecular formula is C16H29N3O3. The smallest absolute Gasteiger partial charge is 0.250 e. The molecule has 0 aromatic rings. The van der Waals surface area contributed by atoms with Crippen molar-refractivity contribution in [3.63, 3.8) is 0 Å². The van der Waals surface area contributed by atoms with Crippen LogP contribution >= 0.6 is 0 Å². The largest absolute Gasteiger partial charge is 0.379 e. The molecule has 2 saturated heterocycles. The fourth-order valence-electron chi connectivity index (χ4n) is 3.95. The predicted molar refractivity (Wildman–Crippen MR) is 83.8 cm³/mol. The molecule has 3 aliphatic rings. The lowest BCUT2D eigenvalue weighted by Crippen LogP contribution is -2.61. The Hall–Kier alpha value is -0.690. The highest BCUT2D eigenvalue weighted by atomic mass is 16.5. The van der Waals surface area contributed by atoms with Crippen molar-refractivity contribution < 1.29 is 14.3 Å². The van der Waals surface area contributed by atoms with Crippen molar-refractivity contribution in [3.05, 3.63) is 0 Å². The van der Waals surface area contributed by atoms with Crippen LogP contribution in [0.3, 0.4) is 0 Å². The van der Waals surface area contributed by atoms with Crippen LogP contribution in [0.5, 0.6) is 0 Å². The number of carbonyl (C=O) groups excluding carboxylic acids is 1. The van der Waals surface area contributed by atoms with E-state index in [0.29, 0.717) is 13.2 Å². The second kappa shape index (κ2) is 7.73. The van der Waals surface area contributed by atoms with Crippen molar-refractivity contribution >= 4 is 5.91 Å². The Labute approximate surface area is 132 Å². The van der Waals surface area contributed by atoms with E-state index in [2.05, 4.69) is 15.5 Å². The van der Waals surface area contributed by atoms with E-state index < -0.39 is 0 Å². The van der Waals surface area contributed by atoms with Gasteiger partial charge in [0.05, 0.1) is 19.8 Å². The van der Waals surface area contributed by atoms with Crippen molar-refractivity contribution in [3.8, 4) is 0 Å². The van der Waals surface area contributed by atoms with Crippen LogP contribution in [0.4, 0.5) is 0 Å². The van der Waals surface area contributed by atoms with Gasteiger partial charge in [-0.3, -0.25) is 9.69 Å². The van der Waals surface area contributed by atoms with Gasteiger partial charge in [-0.2, -0.15) is 0 Å². The Balaban J connectivity index is 1.58. The minimum absolute atomic E-state index is 0.0328. The molecule has 0 radical (unpaired) electrons. The highest BCUT2D eigenvalue weighted by molar-refractivity contribution is 5.81. The van der Waals surface area contributed by atoms with Gasteiger partial charge in [-0.05, 0) is 12.8 Å². The number of rotatable bonds is 4. The van der Waals surface area contributed by atoms with Crippen LogP contribution < -0.4 is 10.6 Å². The zero-order chi connectivity index (χ0) is 15.3. The van der Waals surface area contributed by atoms with Crippen LogP contribution in [0, 0.1) is 0 Å². The van der Waals surface area contributed by atoms with Crippen molar-refractivity contribution in [1.82, 2.24) is 15.5 Å². The SMILES string of the molecule is O=C(NCC1(N2CCOCC2)CCCCC1)C1CNCCO1. The second-order valence-electron chi connectivity index (χ2n) is 6.67. The molecule has 6 heteroatoms. The fraction of sp³-hybridized carbons (Fsp3) is 0.938. The van der Waals surface area contributed by atoms with Crippen LogP contribution in [0.25, 0.3) is 0 Å². The molecule has 3 rings (SSSR count). The van der Waals surface area contributed by atoms with Gasteiger partial charge in [-0.1, -0.05) is 19.3 Å². The molecule has 6 nitrogen and oxygen atoms in total. The zero-order valence-corrected chi connectivity index (χ0v) is 13.4. The number of hydrogen-bond acceptors (Lipinski definition) is 5. The molecule has 0 aromatic carbocycles. The molecular weight excluding hydrogens is 282 g/mol. The molecule has 0 spiro atoms. The van der Waals surface area contributed by atoms with Crippen molar-refractivity contribution in [1.29, 1.82) is 0 Å². The standard InChI is InChI=1S/C16H29N3O3/c20-15(14-12-17-6-9-22-14)18-13-16(4-2-1-3-5-16)19-7-10-21-11-8-19/h14,17H,1-13H2,(H,18,20). The average molecular weight is 311 g/mol. The Bertz CT molecular complexity index is 360. The summed E-state index contributed by atoms with van der Waals surface area (Å²) in [5.74, 6) is 0.0328. The van der Waals surface area contributed by atoms with Crippen molar-refractivity contribution in [2.24, 2.45) is 0 Å². The lowest BCUT2D eigenvalue weighted by molar-refractivity contribution is -0.135. The van der Waals surface area contributed by atoms with Crippen molar-refractivity contribution in [2.45, 2.75) is 43.7 Å². The first-order chi connectivity index (χ1) is 10.8. The molecule has 0 bridgehead atoms. The molecule has 1 amide bonds. The third kappa shape index (κ3) is 3.79. The van der Waals surface area contributed by atoms with Crippen LogP contribution in [0.1, 0.15) is 32.1 Å². The minimum Gasteiger partial charge on any atom is -0.379 e. The minimum atomic E-state index is -0.334. The number of ether oxygens (including phenoxy) is 2. The van der Waals surface area contributed by atoms with Gasteiger partial charge in [-0.25, -0.2) is 0 Å². The highest BCUT2D eigenvalue weighted by Crippen LogP contribution is 2.33. The molecule has 1 atom stereocenters. The normalized spacial score (nSPS) is 29.9. The van der Waals surface area contributed by atoms with E-state index in [9.17, 15) is 4.79 Å². The monoisotopic (exact) mass is 311 g/mol. The quantitative estimate of drug-likeness (QED) is 0.772. The van der Waals surface area contributed by atoms with Crippen LogP contribution in [0.15, 0.2) is 0 Å². The molecule has 3 fully saturated rings. The summed E-state index contributed by atoms with van der Waals surface area (Å²) >= 11 is 0. The number of nitrogens with zero attached hydrogens (tertiary/aromatic N) is 1. The third-order valence-electron chi connectivity index (χ3n) is 5.28. The lowest BCUT2D eigenvalue weighted by atomic mass is 9.79. The average Bonchev–Trinajstić information content (AvgIpc) is 2.62.